The van der Waals surface area contributed by atoms with Crippen molar-refractivity contribution in [2.75, 3.05) is 19.4 Å². The number of benzene rings is 1. The van der Waals surface area contributed by atoms with Crippen LogP contribution >= 0.6 is 11.3 Å². The van der Waals surface area contributed by atoms with Crippen molar-refractivity contribution in [3.8, 4) is 0 Å². The lowest BCUT2D eigenvalue weighted by Crippen LogP contribution is -2.23. The molecule has 0 unspecified atom stereocenters. The van der Waals surface area contributed by atoms with Gasteiger partial charge in [0.1, 0.15) is 0 Å². The Kier molecular flexibility index (Phi) is 4.95. The molecule has 0 spiro atoms. The van der Waals surface area contributed by atoms with Crippen LogP contribution in [0.1, 0.15) is 39.3 Å². The van der Waals surface area contributed by atoms with Gasteiger partial charge in [0.2, 0.25) is 10.0 Å². The molecule has 1 aromatic carbocycles. The topological polar surface area (TPSA) is 79.4 Å². The van der Waals surface area contributed by atoms with Crippen LogP contribution in [0.15, 0.2) is 23.1 Å². The molecule has 0 atom stereocenters. The van der Waals surface area contributed by atoms with Crippen LogP contribution < -0.4 is 5.32 Å². The molecule has 0 radical (unpaired) electrons. The molecule has 0 fully saturated rings. The quantitative estimate of drug-likeness (QED) is 0.886. The van der Waals surface area contributed by atoms with E-state index in [1.165, 1.54) is 42.4 Å². The van der Waals surface area contributed by atoms with Crippen molar-refractivity contribution in [2.45, 2.75) is 37.5 Å². The first-order valence-electron chi connectivity index (χ1n) is 8.12. The van der Waals surface area contributed by atoms with Crippen molar-refractivity contribution < 1.29 is 13.2 Å². The SMILES string of the molecule is Cc1ccc(S(=O)(=O)N(C)C)cc1C(=O)Nc1nc2c(s1)CCCC2. The maximum absolute atomic E-state index is 12.6. The van der Waals surface area contributed by atoms with Gasteiger partial charge >= 0.3 is 0 Å². The third-order valence-electron chi connectivity index (χ3n) is 4.30. The molecule has 6 nitrogen and oxygen atoms in total. The van der Waals surface area contributed by atoms with E-state index in [-0.39, 0.29) is 10.8 Å². The van der Waals surface area contributed by atoms with E-state index in [2.05, 4.69) is 10.3 Å². The largest absolute Gasteiger partial charge is 0.298 e. The van der Waals surface area contributed by atoms with Crippen LogP contribution in [0, 0.1) is 6.92 Å². The number of hydrogen-bond donors (Lipinski definition) is 1. The lowest BCUT2D eigenvalue weighted by atomic mass is 10.0. The number of nitrogens with zero attached hydrogens (tertiary/aromatic N) is 2. The van der Waals surface area contributed by atoms with Crippen LogP contribution in [-0.2, 0) is 22.9 Å². The molecule has 0 aliphatic heterocycles. The summed E-state index contributed by atoms with van der Waals surface area (Å²) >= 11 is 1.51. The summed E-state index contributed by atoms with van der Waals surface area (Å²) in [6.45, 7) is 1.79. The number of thiazole rings is 1. The molecule has 1 aliphatic rings. The fraction of sp³-hybridized carbons (Fsp3) is 0.412. The minimum absolute atomic E-state index is 0.103. The Morgan fingerprint density at radius 2 is 1.96 bits per heavy atom. The molecular formula is C17H21N3O3S2. The zero-order valence-corrected chi connectivity index (χ0v) is 16.1. The van der Waals surface area contributed by atoms with Crippen molar-refractivity contribution in [1.29, 1.82) is 0 Å². The Morgan fingerprint density at radius 1 is 1.24 bits per heavy atom. The maximum Gasteiger partial charge on any atom is 0.257 e. The van der Waals surface area contributed by atoms with E-state index < -0.39 is 10.0 Å². The predicted molar refractivity (Wildman–Crippen MR) is 98.8 cm³/mol. The molecule has 0 saturated heterocycles. The van der Waals surface area contributed by atoms with Gasteiger partial charge in [-0.15, -0.1) is 11.3 Å². The van der Waals surface area contributed by atoms with E-state index in [0.717, 1.165) is 41.2 Å². The van der Waals surface area contributed by atoms with E-state index in [4.69, 9.17) is 0 Å². The Labute approximate surface area is 151 Å². The van der Waals surface area contributed by atoms with Crippen LogP contribution in [0.3, 0.4) is 0 Å². The van der Waals surface area contributed by atoms with Crippen molar-refractivity contribution in [2.24, 2.45) is 0 Å². The fourth-order valence-electron chi connectivity index (χ4n) is 2.79. The molecule has 8 heteroatoms. The van der Waals surface area contributed by atoms with Crippen molar-refractivity contribution in [1.82, 2.24) is 9.29 Å². The standard InChI is InChI=1S/C17H21N3O3S2/c1-11-8-9-12(25(22,23)20(2)3)10-13(11)16(21)19-17-18-14-6-4-5-7-15(14)24-17/h8-10H,4-7H2,1-3H3,(H,18,19,21). The Morgan fingerprint density at radius 3 is 2.64 bits per heavy atom. The van der Waals surface area contributed by atoms with Crippen molar-refractivity contribution >= 4 is 32.4 Å². The molecule has 1 heterocycles. The van der Waals surface area contributed by atoms with Crippen molar-refractivity contribution in [3.63, 3.8) is 0 Å². The number of anilines is 1. The number of nitrogens with one attached hydrogen (secondary N) is 1. The second-order valence-electron chi connectivity index (χ2n) is 6.31. The number of hydrogen-bond acceptors (Lipinski definition) is 5. The molecule has 1 aliphatic carbocycles. The predicted octanol–water partition coefficient (Wildman–Crippen LogP) is 2.83. The summed E-state index contributed by atoms with van der Waals surface area (Å²) in [5, 5.41) is 3.40. The average Bonchev–Trinajstić information content (AvgIpc) is 2.96. The van der Waals surface area contributed by atoms with Crippen LogP contribution in [0.2, 0.25) is 0 Å². The highest BCUT2D eigenvalue weighted by atomic mass is 32.2. The molecule has 1 N–H and O–H groups in total. The highest BCUT2D eigenvalue weighted by Gasteiger charge is 2.21. The summed E-state index contributed by atoms with van der Waals surface area (Å²) in [5.41, 5.74) is 2.14. The normalized spacial score (nSPS) is 14.4. The van der Waals surface area contributed by atoms with Crippen LogP contribution in [-0.4, -0.2) is 37.7 Å². The number of amides is 1. The lowest BCUT2D eigenvalue weighted by Gasteiger charge is -2.13. The highest BCUT2D eigenvalue weighted by Crippen LogP contribution is 2.30. The minimum Gasteiger partial charge on any atom is -0.298 e. The second kappa shape index (κ2) is 6.86. The van der Waals surface area contributed by atoms with Gasteiger partial charge < -0.3 is 0 Å². The molecule has 134 valence electrons. The number of carbonyl (C=O) groups excluding carboxylic acids is 1. The molecule has 3 rings (SSSR count). The Balaban J connectivity index is 1.88. The number of rotatable bonds is 4. The summed E-state index contributed by atoms with van der Waals surface area (Å²) < 4.78 is 25.7. The van der Waals surface area contributed by atoms with Gasteiger partial charge in [0.05, 0.1) is 10.6 Å². The summed E-state index contributed by atoms with van der Waals surface area (Å²) in [7, 11) is -0.650. The van der Waals surface area contributed by atoms with E-state index in [1.54, 1.807) is 13.0 Å². The summed E-state index contributed by atoms with van der Waals surface area (Å²) in [6, 6.07) is 4.59. The Bertz CT molecular complexity index is 894. The molecular weight excluding hydrogens is 358 g/mol. The molecule has 2 aromatic rings. The van der Waals surface area contributed by atoms with E-state index in [9.17, 15) is 13.2 Å². The number of sulfonamides is 1. The van der Waals surface area contributed by atoms with Gasteiger partial charge in [0.15, 0.2) is 5.13 Å². The smallest absolute Gasteiger partial charge is 0.257 e. The van der Waals surface area contributed by atoms with Gasteiger partial charge in [-0.25, -0.2) is 17.7 Å². The maximum atomic E-state index is 12.6. The molecule has 1 aromatic heterocycles. The third kappa shape index (κ3) is 3.61. The van der Waals surface area contributed by atoms with Gasteiger partial charge in [-0.1, -0.05) is 6.07 Å². The summed E-state index contributed by atoms with van der Waals surface area (Å²) in [6.07, 6.45) is 4.26. The monoisotopic (exact) mass is 379 g/mol. The van der Waals surface area contributed by atoms with Gasteiger partial charge in [-0.3, -0.25) is 10.1 Å². The van der Waals surface area contributed by atoms with E-state index in [0.29, 0.717) is 10.7 Å². The number of carbonyl (C=O) groups is 1. The molecule has 1 amide bonds. The third-order valence-corrected chi connectivity index (χ3v) is 7.18. The van der Waals surface area contributed by atoms with Crippen LogP contribution in [0.5, 0.6) is 0 Å². The summed E-state index contributed by atoms with van der Waals surface area (Å²) in [5.74, 6) is -0.334. The van der Waals surface area contributed by atoms with E-state index >= 15 is 0 Å². The van der Waals surface area contributed by atoms with Crippen molar-refractivity contribution in [3.05, 3.63) is 39.9 Å². The zero-order valence-electron chi connectivity index (χ0n) is 14.5. The van der Waals surface area contributed by atoms with Crippen LogP contribution in [0.4, 0.5) is 5.13 Å². The molecule has 0 bridgehead atoms. The van der Waals surface area contributed by atoms with Gasteiger partial charge in [-0.2, -0.15) is 0 Å². The van der Waals surface area contributed by atoms with Gasteiger partial charge in [0, 0.05) is 24.5 Å². The molecule has 0 saturated carbocycles. The Hall–Kier alpha value is -1.77. The number of aryl methyl sites for hydroxylation is 3. The molecule has 25 heavy (non-hydrogen) atoms. The first-order chi connectivity index (χ1) is 11.8. The van der Waals surface area contributed by atoms with Crippen LogP contribution in [0.25, 0.3) is 0 Å². The second-order valence-corrected chi connectivity index (χ2v) is 9.55. The first kappa shape index (κ1) is 18.0. The minimum atomic E-state index is -3.58. The van der Waals surface area contributed by atoms with Gasteiger partial charge in [0.25, 0.3) is 5.91 Å². The van der Waals surface area contributed by atoms with E-state index in [1.807, 2.05) is 0 Å². The fourth-order valence-corrected chi connectivity index (χ4v) is 4.76. The summed E-state index contributed by atoms with van der Waals surface area (Å²) in [4.78, 5) is 18.5. The lowest BCUT2D eigenvalue weighted by molar-refractivity contribution is 0.102. The number of aromatic nitrogens is 1. The zero-order chi connectivity index (χ0) is 18.2. The van der Waals surface area contributed by atoms with Gasteiger partial charge in [-0.05, 0) is 50.3 Å². The first-order valence-corrected chi connectivity index (χ1v) is 10.4. The average molecular weight is 380 g/mol. The number of fused-ring (bicyclic) bond motifs is 1. The highest BCUT2D eigenvalue weighted by molar-refractivity contribution is 7.89.